The van der Waals surface area contributed by atoms with Crippen molar-refractivity contribution < 1.29 is 24.2 Å². The molecule has 1 aromatic rings. The van der Waals surface area contributed by atoms with Crippen LogP contribution in [0, 0.1) is 0 Å². The van der Waals surface area contributed by atoms with Crippen LogP contribution in [0.3, 0.4) is 0 Å². The second kappa shape index (κ2) is 7.93. The molecule has 0 aliphatic carbocycles. The number of carbonyl (C=O) groups excluding carboxylic acids is 1. The van der Waals surface area contributed by atoms with Gasteiger partial charge in [-0.3, -0.25) is 9.59 Å². The highest BCUT2D eigenvalue weighted by Gasteiger charge is 2.20. The lowest BCUT2D eigenvalue weighted by Gasteiger charge is -2.10. The van der Waals surface area contributed by atoms with E-state index in [1.165, 1.54) is 20.5 Å². The summed E-state index contributed by atoms with van der Waals surface area (Å²) in [4.78, 5) is 30.1. The van der Waals surface area contributed by atoms with Crippen molar-refractivity contribution in [3.05, 3.63) is 11.9 Å². The minimum Gasteiger partial charge on any atom is -0.481 e. The van der Waals surface area contributed by atoms with E-state index in [0.717, 1.165) is 0 Å². The highest BCUT2D eigenvalue weighted by molar-refractivity contribution is 5.98. The van der Waals surface area contributed by atoms with E-state index in [2.05, 4.69) is 15.3 Å². The molecule has 0 aromatic carbocycles. The summed E-state index contributed by atoms with van der Waals surface area (Å²) in [7, 11) is 2.79. The molecule has 1 rings (SSSR count). The van der Waals surface area contributed by atoms with Crippen molar-refractivity contribution in [2.24, 2.45) is 0 Å². The molecule has 0 aliphatic heterocycles. The van der Waals surface area contributed by atoms with Gasteiger partial charge in [0, 0.05) is 13.0 Å². The minimum atomic E-state index is -0.851. The molecule has 20 heavy (non-hydrogen) atoms. The fourth-order valence-electron chi connectivity index (χ4n) is 1.55. The molecule has 0 saturated heterocycles. The molecule has 0 atom stereocenters. The van der Waals surface area contributed by atoms with Crippen LogP contribution in [0.4, 0.5) is 0 Å². The number of carbonyl (C=O) groups is 2. The number of unbranched alkanes of at least 4 members (excludes halogenated alkanes) is 1. The van der Waals surface area contributed by atoms with Gasteiger partial charge in [0.15, 0.2) is 5.56 Å². The number of ether oxygens (including phenoxy) is 2. The first kappa shape index (κ1) is 15.7. The normalized spacial score (nSPS) is 9.90. The maximum atomic E-state index is 12.0. The lowest BCUT2D eigenvalue weighted by Crippen LogP contribution is -2.26. The predicted molar refractivity (Wildman–Crippen MR) is 69.0 cm³/mol. The summed E-state index contributed by atoms with van der Waals surface area (Å²) in [5, 5.41) is 11.1. The SMILES string of the molecule is COc1ncnc(OC)c1C(=O)NCCCCC(=O)O. The number of amides is 1. The molecule has 0 saturated carbocycles. The summed E-state index contributed by atoms with van der Waals surface area (Å²) in [5.41, 5.74) is 0.121. The van der Waals surface area contributed by atoms with Gasteiger partial charge >= 0.3 is 5.97 Å². The van der Waals surface area contributed by atoms with Crippen LogP contribution in [-0.2, 0) is 4.79 Å². The van der Waals surface area contributed by atoms with Crippen LogP contribution in [0.2, 0.25) is 0 Å². The molecule has 0 radical (unpaired) electrons. The molecule has 0 fully saturated rings. The molecule has 8 heteroatoms. The fraction of sp³-hybridized carbons (Fsp3) is 0.500. The molecule has 0 unspecified atom stereocenters. The number of aliphatic carboxylic acids is 1. The molecule has 0 bridgehead atoms. The van der Waals surface area contributed by atoms with Crippen LogP contribution in [0.25, 0.3) is 0 Å². The van der Waals surface area contributed by atoms with Gasteiger partial charge in [-0.05, 0) is 12.8 Å². The zero-order chi connectivity index (χ0) is 15.0. The van der Waals surface area contributed by atoms with E-state index in [9.17, 15) is 9.59 Å². The van der Waals surface area contributed by atoms with Crippen LogP contribution < -0.4 is 14.8 Å². The summed E-state index contributed by atoms with van der Waals surface area (Å²) in [5.74, 6) is -1.02. The number of nitrogens with one attached hydrogen (secondary N) is 1. The standard InChI is InChI=1S/C12H17N3O5/c1-19-11-9(12(20-2)15-7-14-11)10(18)13-6-4-3-5-8(16)17/h7H,3-6H2,1-2H3,(H,13,18)(H,16,17). The van der Waals surface area contributed by atoms with E-state index in [0.29, 0.717) is 19.4 Å². The van der Waals surface area contributed by atoms with E-state index in [1.807, 2.05) is 0 Å². The molecule has 1 heterocycles. The Morgan fingerprint density at radius 1 is 1.20 bits per heavy atom. The van der Waals surface area contributed by atoms with Crippen LogP contribution in [0.1, 0.15) is 29.6 Å². The second-order valence-electron chi connectivity index (χ2n) is 3.87. The highest BCUT2D eigenvalue weighted by atomic mass is 16.5. The first-order valence-corrected chi connectivity index (χ1v) is 6.03. The number of carboxylic acids is 1. The monoisotopic (exact) mass is 283 g/mol. The van der Waals surface area contributed by atoms with Gasteiger partial charge in [0.1, 0.15) is 6.33 Å². The number of nitrogens with zero attached hydrogens (tertiary/aromatic N) is 2. The van der Waals surface area contributed by atoms with E-state index in [4.69, 9.17) is 14.6 Å². The van der Waals surface area contributed by atoms with Gasteiger partial charge in [-0.25, -0.2) is 9.97 Å². The first-order chi connectivity index (χ1) is 9.60. The summed E-state index contributed by atoms with van der Waals surface area (Å²) >= 11 is 0. The van der Waals surface area contributed by atoms with Gasteiger partial charge in [-0.15, -0.1) is 0 Å². The Bertz CT molecular complexity index is 456. The number of rotatable bonds is 8. The lowest BCUT2D eigenvalue weighted by molar-refractivity contribution is -0.137. The third kappa shape index (κ3) is 4.38. The van der Waals surface area contributed by atoms with E-state index < -0.39 is 11.9 Å². The number of methoxy groups -OCH3 is 2. The highest BCUT2D eigenvalue weighted by Crippen LogP contribution is 2.22. The molecular weight excluding hydrogens is 266 g/mol. The molecule has 1 amide bonds. The maximum Gasteiger partial charge on any atom is 0.303 e. The van der Waals surface area contributed by atoms with E-state index >= 15 is 0 Å². The zero-order valence-electron chi connectivity index (χ0n) is 11.4. The summed E-state index contributed by atoms with van der Waals surface area (Å²) < 4.78 is 10.00. The average molecular weight is 283 g/mol. The maximum absolute atomic E-state index is 12.0. The molecule has 1 aromatic heterocycles. The van der Waals surface area contributed by atoms with Gasteiger partial charge in [0.25, 0.3) is 5.91 Å². The Morgan fingerprint density at radius 3 is 2.30 bits per heavy atom. The zero-order valence-corrected chi connectivity index (χ0v) is 11.4. The summed E-state index contributed by atoms with van der Waals surface area (Å²) in [6, 6.07) is 0. The van der Waals surface area contributed by atoms with Gasteiger partial charge in [-0.2, -0.15) is 0 Å². The van der Waals surface area contributed by atoms with Gasteiger partial charge in [0.05, 0.1) is 14.2 Å². The largest absolute Gasteiger partial charge is 0.481 e. The van der Waals surface area contributed by atoms with E-state index in [-0.39, 0.29) is 23.7 Å². The Hall–Kier alpha value is -2.38. The van der Waals surface area contributed by atoms with Gasteiger partial charge in [-0.1, -0.05) is 0 Å². The molecule has 0 spiro atoms. The summed E-state index contributed by atoms with van der Waals surface area (Å²) in [6.07, 6.45) is 2.38. The Labute approximate surface area is 116 Å². The smallest absolute Gasteiger partial charge is 0.303 e. The number of hydrogen-bond donors (Lipinski definition) is 2. The average Bonchev–Trinajstić information content (AvgIpc) is 2.45. The first-order valence-electron chi connectivity index (χ1n) is 6.03. The molecule has 8 nitrogen and oxygen atoms in total. The predicted octanol–water partition coefficient (Wildman–Crippen LogP) is 0.478. The van der Waals surface area contributed by atoms with Gasteiger partial charge < -0.3 is 19.9 Å². The fourth-order valence-corrected chi connectivity index (χ4v) is 1.55. The third-order valence-corrected chi connectivity index (χ3v) is 2.49. The van der Waals surface area contributed by atoms with Crippen molar-refractivity contribution in [3.8, 4) is 11.8 Å². The van der Waals surface area contributed by atoms with Crippen molar-refractivity contribution in [1.82, 2.24) is 15.3 Å². The van der Waals surface area contributed by atoms with Crippen LogP contribution in [-0.4, -0.2) is 47.7 Å². The molecular formula is C12H17N3O5. The van der Waals surface area contributed by atoms with Crippen molar-refractivity contribution in [1.29, 1.82) is 0 Å². The topological polar surface area (TPSA) is 111 Å². The summed E-state index contributed by atoms with van der Waals surface area (Å²) in [6.45, 7) is 0.354. The Balaban J connectivity index is 2.61. The minimum absolute atomic E-state index is 0.0803. The number of aromatic nitrogens is 2. The van der Waals surface area contributed by atoms with Gasteiger partial charge in [0.2, 0.25) is 11.8 Å². The second-order valence-corrected chi connectivity index (χ2v) is 3.87. The third-order valence-electron chi connectivity index (χ3n) is 2.49. The molecule has 2 N–H and O–H groups in total. The van der Waals surface area contributed by atoms with Crippen LogP contribution in [0.15, 0.2) is 6.33 Å². The number of carboxylic acid groups (broad SMARTS) is 1. The van der Waals surface area contributed by atoms with Crippen molar-refractivity contribution >= 4 is 11.9 Å². The Morgan fingerprint density at radius 2 is 1.80 bits per heavy atom. The van der Waals surface area contributed by atoms with Crippen LogP contribution >= 0.6 is 0 Å². The van der Waals surface area contributed by atoms with Crippen molar-refractivity contribution in [2.75, 3.05) is 20.8 Å². The lowest BCUT2D eigenvalue weighted by atomic mass is 10.2. The quantitative estimate of drug-likeness (QED) is 0.667. The number of hydrogen-bond acceptors (Lipinski definition) is 6. The molecule has 0 aliphatic rings. The van der Waals surface area contributed by atoms with Crippen molar-refractivity contribution in [2.45, 2.75) is 19.3 Å². The van der Waals surface area contributed by atoms with E-state index in [1.54, 1.807) is 0 Å². The van der Waals surface area contributed by atoms with Crippen molar-refractivity contribution in [3.63, 3.8) is 0 Å². The molecule has 110 valence electrons. The van der Waals surface area contributed by atoms with Crippen LogP contribution in [0.5, 0.6) is 11.8 Å². The Kier molecular flexibility index (Phi) is 6.21.